The van der Waals surface area contributed by atoms with Gasteiger partial charge in [0.05, 0.1) is 24.1 Å². The van der Waals surface area contributed by atoms with Gasteiger partial charge in [0.25, 0.3) is 0 Å². The predicted molar refractivity (Wildman–Crippen MR) is 83.9 cm³/mol. The molecule has 2 heterocycles. The smallest absolute Gasteiger partial charge is 0.106 e. The number of para-hydroxylation sites is 1. The third-order valence-corrected chi connectivity index (χ3v) is 4.96. The summed E-state index contributed by atoms with van der Waals surface area (Å²) in [7, 11) is 0. The van der Waals surface area contributed by atoms with Crippen molar-refractivity contribution in [2.75, 3.05) is 12.4 Å². The standard InChI is InChI=1S/C16H20N2O2S/c1-12-15(10-19)16(21-11-14-8-5-9-20-14)18(17-12)13-6-3-2-4-7-13/h2-4,6-7,14,19H,5,8-11H2,1H3. The first kappa shape index (κ1) is 14.6. The lowest BCUT2D eigenvalue weighted by Gasteiger charge is -2.12. The second-order valence-corrected chi connectivity index (χ2v) is 6.23. The topological polar surface area (TPSA) is 47.3 Å². The Balaban J connectivity index is 1.88. The second kappa shape index (κ2) is 6.64. The van der Waals surface area contributed by atoms with Gasteiger partial charge in [-0.2, -0.15) is 5.10 Å². The maximum Gasteiger partial charge on any atom is 0.106 e. The highest BCUT2D eigenvalue weighted by Gasteiger charge is 2.20. The fourth-order valence-corrected chi connectivity index (χ4v) is 3.82. The van der Waals surface area contributed by atoms with Gasteiger partial charge in [-0.15, -0.1) is 11.8 Å². The fourth-order valence-electron chi connectivity index (χ4n) is 2.56. The second-order valence-electron chi connectivity index (χ2n) is 5.22. The highest BCUT2D eigenvalue weighted by molar-refractivity contribution is 7.99. The Hall–Kier alpha value is -1.30. The van der Waals surface area contributed by atoms with E-state index in [-0.39, 0.29) is 6.61 Å². The summed E-state index contributed by atoms with van der Waals surface area (Å²) in [6, 6.07) is 10.1. The molecule has 1 aromatic carbocycles. The van der Waals surface area contributed by atoms with Crippen LogP contribution in [0.25, 0.3) is 5.69 Å². The molecule has 2 aromatic rings. The van der Waals surface area contributed by atoms with Crippen molar-refractivity contribution >= 4 is 11.8 Å². The molecule has 1 aliphatic rings. The van der Waals surface area contributed by atoms with Crippen molar-refractivity contribution in [2.45, 2.75) is 37.5 Å². The molecule has 0 aliphatic carbocycles. The van der Waals surface area contributed by atoms with E-state index in [1.807, 2.05) is 41.9 Å². The van der Waals surface area contributed by atoms with Gasteiger partial charge in [0.15, 0.2) is 0 Å². The molecule has 3 rings (SSSR count). The van der Waals surface area contributed by atoms with Gasteiger partial charge in [0.2, 0.25) is 0 Å². The quantitative estimate of drug-likeness (QED) is 0.863. The lowest BCUT2D eigenvalue weighted by molar-refractivity contribution is 0.129. The van der Waals surface area contributed by atoms with Gasteiger partial charge < -0.3 is 9.84 Å². The number of hydrogen-bond acceptors (Lipinski definition) is 4. The van der Waals surface area contributed by atoms with E-state index in [0.29, 0.717) is 6.10 Å². The number of benzene rings is 1. The van der Waals surface area contributed by atoms with Gasteiger partial charge >= 0.3 is 0 Å². The Bertz CT molecular complexity index is 592. The molecule has 21 heavy (non-hydrogen) atoms. The van der Waals surface area contributed by atoms with E-state index in [2.05, 4.69) is 5.10 Å². The van der Waals surface area contributed by atoms with Gasteiger partial charge in [-0.1, -0.05) is 18.2 Å². The van der Waals surface area contributed by atoms with Crippen LogP contribution < -0.4 is 0 Å². The summed E-state index contributed by atoms with van der Waals surface area (Å²) in [6.07, 6.45) is 2.59. The Morgan fingerprint density at radius 3 is 2.86 bits per heavy atom. The third-order valence-electron chi connectivity index (χ3n) is 3.73. The fraction of sp³-hybridized carbons (Fsp3) is 0.438. The molecule has 1 unspecified atom stereocenters. The molecule has 4 nitrogen and oxygen atoms in total. The minimum absolute atomic E-state index is 0.0204. The molecule has 1 atom stereocenters. The van der Waals surface area contributed by atoms with Crippen LogP contribution in [-0.2, 0) is 11.3 Å². The molecule has 1 N–H and O–H groups in total. The number of rotatable bonds is 5. The van der Waals surface area contributed by atoms with Crippen molar-refractivity contribution < 1.29 is 9.84 Å². The SMILES string of the molecule is Cc1nn(-c2ccccc2)c(SCC2CCCO2)c1CO. The molecule has 0 radical (unpaired) electrons. The van der Waals surface area contributed by atoms with Crippen LogP contribution in [0.4, 0.5) is 0 Å². The lowest BCUT2D eigenvalue weighted by atomic mass is 10.3. The summed E-state index contributed by atoms with van der Waals surface area (Å²) in [5.41, 5.74) is 2.83. The molecule has 0 amide bonds. The zero-order chi connectivity index (χ0) is 14.7. The van der Waals surface area contributed by atoms with Crippen LogP contribution in [0.3, 0.4) is 0 Å². The van der Waals surface area contributed by atoms with Gasteiger partial charge in [-0.25, -0.2) is 4.68 Å². The number of aryl methyl sites for hydroxylation is 1. The van der Waals surface area contributed by atoms with Gasteiger partial charge in [0.1, 0.15) is 5.03 Å². The maximum absolute atomic E-state index is 9.65. The first-order chi connectivity index (χ1) is 10.3. The van der Waals surface area contributed by atoms with Crippen molar-refractivity contribution in [3.63, 3.8) is 0 Å². The molecule has 1 saturated heterocycles. The van der Waals surface area contributed by atoms with Crippen molar-refractivity contribution in [3.05, 3.63) is 41.6 Å². The van der Waals surface area contributed by atoms with E-state index in [1.54, 1.807) is 11.8 Å². The van der Waals surface area contributed by atoms with Crippen LogP contribution in [0, 0.1) is 6.92 Å². The summed E-state index contributed by atoms with van der Waals surface area (Å²) >= 11 is 1.73. The average molecular weight is 304 g/mol. The minimum Gasteiger partial charge on any atom is -0.392 e. The zero-order valence-electron chi connectivity index (χ0n) is 12.2. The molecule has 0 saturated carbocycles. The van der Waals surface area contributed by atoms with Crippen LogP contribution in [0.5, 0.6) is 0 Å². The normalized spacial score (nSPS) is 18.3. The third kappa shape index (κ3) is 3.15. The Labute approximate surface area is 129 Å². The number of aliphatic hydroxyl groups excluding tert-OH is 1. The van der Waals surface area contributed by atoms with E-state index < -0.39 is 0 Å². The molecule has 0 spiro atoms. The highest BCUT2D eigenvalue weighted by atomic mass is 32.2. The number of nitrogens with zero attached hydrogens (tertiary/aromatic N) is 2. The minimum atomic E-state index is 0.0204. The van der Waals surface area contributed by atoms with E-state index >= 15 is 0 Å². The van der Waals surface area contributed by atoms with Gasteiger partial charge in [0, 0.05) is 17.9 Å². The molecule has 1 aromatic heterocycles. The van der Waals surface area contributed by atoms with Crippen LogP contribution in [-0.4, -0.2) is 33.4 Å². The van der Waals surface area contributed by atoms with Crippen LogP contribution in [0.2, 0.25) is 0 Å². The van der Waals surface area contributed by atoms with Crippen LogP contribution in [0.1, 0.15) is 24.1 Å². The first-order valence-corrected chi connectivity index (χ1v) is 8.27. The molecular weight excluding hydrogens is 284 g/mol. The van der Waals surface area contributed by atoms with E-state index in [1.165, 1.54) is 0 Å². The number of aromatic nitrogens is 2. The van der Waals surface area contributed by atoms with Crippen LogP contribution >= 0.6 is 11.8 Å². The largest absolute Gasteiger partial charge is 0.392 e. The summed E-state index contributed by atoms with van der Waals surface area (Å²) in [5.74, 6) is 0.908. The Kier molecular flexibility index (Phi) is 4.63. The van der Waals surface area contributed by atoms with E-state index in [9.17, 15) is 5.11 Å². The molecular formula is C16H20N2O2S. The van der Waals surface area contributed by atoms with Crippen molar-refractivity contribution in [2.24, 2.45) is 0 Å². The van der Waals surface area contributed by atoms with Crippen molar-refractivity contribution in [1.82, 2.24) is 9.78 Å². The summed E-state index contributed by atoms with van der Waals surface area (Å²) in [4.78, 5) is 0. The average Bonchev–Trinajstić information content (AvgIpc) is 3.13. The summed E-state index contributed by atoms with van der Waals surface area (Å²) in [6.45, 7) is 2.84. The Morgan fingerprint density at radius 1 is 1.38 bits per heavy atom. The van der Waals surface area contributed by atoms with Crippen molar-refractivity contribution in [3.8, 4) is 5.69 Å². The van der Waals surface area contributed by atoms with Crippen LogP contribution in [0.15, 0.2) is 35.4 Å². The predicted octanol–water partition coefficient (Wildman–Crippen LogP) is 2.94. The molecule has 0 bridgehead atoms. The number of thioether (sulfide) groups is 1. The first-order valence-electron chi connectivity index (χ1n) is 7.28. The molecule has 5 heteroatoms. The number of aliphatic hydroxyl groups is 1. The highest BCUT2D eigenvalue weighted by Crippen LogP contribution is 2.30. The van der Waals surface area contributed by atoms with E-state index in [0.717, 1.165) is 47.2 Å². The van der Waals surface area contributed by atoms with E-state index in [4.69, 9.17) is 4.74 Å². The zero-order valence-corrected chi connectivity index (χ0v) is 13.0. The lowest BCUT2D eigenvalue weighted by Crippen LogP contribution is -2.09. The maximum atomic E-state index is 9.65. The number of hydrogen-bond donors (Lipinski definition) is 1. The monoisotopic (exact) mass is 304 g/mol. The molecule has 1 aliphatic heterocycles. The molecule has 112 valence electrons. The van der Waals surface area contributed by atoms with Gasteiger partial charge in [-0.05, 0) is 31.9 Å². The van der Waals surface area contributed by atoms with Crippen molar-refractivity contribution in [1.29, 1.82) is 0 Å². The summed E-state index contributed by atoms with van der Waals surface area (Å²) < 4.78 is 7.62. The number of ether oxygens (including phenoxy) is 1. The molecule has 1 fully saturated rings. The van der Waals surface area contributed by atoms with Gasteiger partial charge in [-0.3, -0.25) is 0 Å². The summed E-state index contributed by atoms with van der Waals surface area (Å²) in [5, 5.41) is 15.3. The Morgan fingerprint density at radius 2 is 2.19 bits per heavy atom.